The molecule has 1 N–H and O–H groups in total. The maximum absolute atomic E-state index is 12.8. The SMILES string of the molecule is O=C(NCCn1nc(-c2cccs2)n(C2CC2)c1=O)c1ccc2ccccc2n1. The fourth-order valence-electron chi connectivity index (χ4n) is 3.36. The number of fused-ring (bicyclic) bond motifs is 1. The smallest absolute Gasteiger partial charge is 0.346 e. The number of benzene rings is 1. The zero-order valence-corrected chi connectivity index (χ0v) is 16.4. The van der Waals surface area contributed by atoms with Crippen molar-refractivity contribution in [3.05, 3.63) is 70.1 Å². The topological polar surface area (TPSA) is 81.8 Å². The molecule has 3 aromatic heterocycles. The summed E-state index contributed by atoms with van der Waals surface area (Å²) in [4.78, 5) is 30.6. The average Bonchev–Trinajstić information content (AvgIpc) is 3.32. The molecule has 4 aromatic rings. The minimum Gasteiger partial charge on any atom is -0.349 e. The van der Waals surface area contributed by atoms with Gasteiger partial charge in [-0.25, -0.2) is 14.5 Å². The third-order valence-electron chi connectivity index (χ3n) is 4.96. The Morgan fingerprint density at radius 2 is 2.00 bits per heavy atom. The van der Waals surface area contributed by atoms with Crippen molar-refractivity contribution in [1.82, 2.24) is 24.6 Å². The van der Waals surface area contributed by atoms with Crippen LogP contribution in [0.1, 0.15) is 29.4 Å². The van der Waals surface area contributed by atoms with Crippen LogP contribution in [0, 0.1) is 0 Å². The number of thiophene rings is 1. The van der Waals surface area contributed by atoms with Crippen molar-refractivity contribution >= 4 is 28.1 Å². The molecular formula is C21H19N5O2S. The summed E-state index contributed by atoms with van der Waals surface area (Å²) in [7, 11) is 0. The van der Waals surface area contributed by atoms with Crippen molar-refractivity contribution in [1.29, 1.82) is 0 Å². The number of amides is 1. The highest BCUT2D eigenvalue weighted by atomic mass is 32.1. The number of rotatable bonds is 6. The Morgan fingerprint density at radius 1 is 1.14 bits per heavy atom. The Bertz CT molecular complexity index is 1240. The number of carbonyl (C=O) groups is 1. The van der Waals surface area contributed by atoms with Gasteiger partial charge in [0.15, 0.2) is 5.82 Å². The minimum absolute atomic E-state index is 0.117. The van der Waals surface area contributed by atoms with Gasteiger partial charge < -0.3 is 5.32 Å². The van der Waals surface area contributed by atoms with Crippen molar-refractivity contribution in [2.24, 2.45) is 0 Å². The van der Waals surface area contributed by atoms with Crippen LogP contribution < -0.4 is 11.0 Å². The molecule has 0 unspecified atom stereocenters. The molecule has 29 heavy (non-hydrogen) atoms. The largest absolute Gasteiger partial charge is 0.349 e. The molecule has 146 valence electrons. The first kappa shape index (κ1) is 17.8. The van der Waals surface area contributed by atoms with Crippen molar-refractivity contribution in [3.63, 3.8) is 0 Å². The number of carbonyl (C=O) groups excluding carboxylic acids is 1. The summed E-state index contributed by atoms with van der Waals surface area (Å²) in [5, 5.41) is 10.3. The number of hydrogen-bond acceptors (Lipinski definition) is 5. The van der Waals surface area contributed by atoms with E-state index in [1.54, 1.807) is 22.0 Å². The quantitative estimate of drug-likeness (QED) is 0.534. The Hall–Kier alpha value is -3.26. The molecule has 0 aliphatic heterocycles. The third kappa shape index (κ3) is 3.47. The van der Waals surface area contributed by atoms with Gasteiger partial charge in [0.2, 0.25) is 0 Å². The summed E-state index contributed by atoms with van der Waals surface area (Å²) >= 11 is 1.57. The molecule has 1 amide bonds. The molecular weight excluding hydrogens is 386 g/mol. The Labute approximate surface area is 170 Å². The highest BCUT2D eigenvalue weighted by molar-refractivity contribution is 7.13. The number of aromatic nitrogens is 4. The van der Waals surface area contributed by atoms with Crippen molar-refractivity contribution in [2.75, 3.05) is 6.54 Å². The fraction of sp³-hybridized carbons (Fsp3) is 0.238. The molecule has 0 radical (unpaired) electrons. The Balaban J connectivity index is 1.30. The zero-order valence-electron chi connectivity index (χ0n) is 15.6. The van der Waals surface area contributed by atoms with Crippen LogP contribution in [0.3, 0.4) is 0 Å². The molecule has 0 spiro atoms. The van der Waals surface area contributed by atoms with E-state index >= 15 is 0 Å². The standard InChI is InChI=1S/C21H19N5O2S/c27-20(17-10-7-14-4-1-2-5-16(14)23-17)22-11-12-25-21(28)26(15-8-9-15)19(24-25)18-6-3-13-29-18/h1-7,10,13,15H,8-9,11-12H2,(H,22,27). The van der Waals surface area contributed by atoms with Gasteiger partial charge in [-0.15, -0.1) is 16.4 Å². The van der Waals surface area contributed by atoms with Crippen LogP contribution in [0.2, 0.25) is 0 Å². The molecule has 8 heteroatoms. The second kappa shape index (κ2) is 7.29. The van der Waals surface area contributed by atoms with Gasteiger partial charge in [0, 0.05) is 18.0 Å². The molecule has 0 atom stereocenters. The van der Waals surface area contributed by atoms with E-state index in [-0.39, 0.29) is 17.6 Å². The van der Waals surface area contributed by atoms with Gasteiger partial charge in [-0.1, -0.05) is 30.3 Å². The van der Waals surface area contributed by atoms with Crippen LogP contribution in [0.4, 0.5) is 0 Å². The van der Waals surface area contributed by atoms with E-state index in [2.05, 4.69) is 15.4 Å². The maximum atomic E-state index is 12.8. The first-order valence-electron chi connectivity index (χ1n) is 9.58. The number of para-hydroxylation sites is 1. The van der Waals surface area contributed by atoms with E-state index in [0.29, 0.717) is 18.8 Å². The van der Waals surface area contributed by atoms with Gasteiger partial charge >= 0.3 is 5.69 Å². The second-order valence-electron chi connectivity index (χ2n) is 7.05. The molecule has 1 aliphatic carbocycles. The van der Waals surface area contributed by atoms with Gasteiger partial charge in [-0.05, 0) is 36.4 Å². The Morgan fingerprint density at radius 3 is 2.79 bits per heavy atom. The molecule has 1 aromatic carbocycles. The Kier molecular flexibility index (Phi) is 4.48. The lowest BCUT2D eigenvalue weighted by Gasteiger charge is -2.05. The van der Waals surface area contributed by atoms with Gasteiger partial charge in [0.1, 0.15) is 5.69 Å². The minimum atomic E-state index is -0.260. The molecule has 1 saturated carbocycles. The second-order valence-corrected chi connectivity index (χ2v) is 8.00. The lowest BCUT2D eigenvalue weighted by molar-refractivity contribution is 0.0947. The van der Waals surface area contributed by atoms with Gasteiger partial charge in [0.05, 0.1) is 16.9 Å². The van der Waals surface area contributed by atoms with Crippen LogP contribution in [-0.4, -0.2) is 31.8 Å². The van der Waals surface area contributed by atoms with Crippen molar-refractivity contribution in [2.45, 2.75) is 25.4 Å². The van der Waals surface area contributed by atoms with E-state index in [1.165, 1.54) is 4.68 Å². The summed E-state index contributed by atoms with van der Waals surface area (Å²) < 4.78 is 3.24. The lowest BCUT2D eigenvalue weighted by Crippen LogP contribution is -2.32. The molecule has 5 rings (SSSR count). The zero-order chi connectivity index (χ0) is 19.8. The number of nitrogens with one attached hydrogen (secondary N) is 1. The molecule has 3 heterocycles. The third-order valence-corrected chi connectivity index (χ3v) is 5.83. The van der Waals surface area contributed by atoms with E-state index in [4.69, 9.17) is 0 Å². The molecule has 0 bridgehead atoms. The van der Waals surface area contributed by atoms with Crippen LogP contribution in [0.15, 0.2) is 58.7 Å². The van der Waals surface area contributed by atoms with Crippen molar-refractivity contribution < 1.29 is 4.79 Å². The molecule has 0 saturated heterocycles. The first-order chi connectivity index (χ1) is 14.2. The molecule has 1 aliphatic rings. The summed E-state index contributed by atoms with van der Waals surface area (Å²) in [6, 6.07) is 15.4. The maximum Gasteiger partial charge on any atom is 0.346 e. The van der Waals surface area contributed by atoms with Gasteiger partial charge in [-0.2, -0.15) is 0 Å². The average molecular weight is 405 g/mol. The molecule has 1 fully saturated rings. The van der Waals surface area contributed by atoms with E-state index in [9.17, 15) is 9.59 Å². The van der Waals surface area contributed by atoms with Gasteiger partial charge in [0.25, 0.3) is 5.91 Å². The fourth-order valence-corrected chi connectivity index (χ4v) is 4.07. The van der Waals surface area contributed by atoms with Crippen LogP contribution in [-0.2, 0) is 6.54 Å². The predicted octanol–water partition coefficient (Wildman–Crippen LogP) is 3.09. The van der Waals surface area contributed by atoms with E-state index < -0.39 is 0 Å². The van der Waals surface area contributed by atoms with Crippen molar-refractivity contribution in [3.8, 4) is 10.7 Å². The van der Waals surface area contributed by atoms with Crippen LogP contribution in [0.25, 0.3) is 21.6 Å². The first-order valence-corrected chi connectivity index (χ1v) is 10.5. The molecule has 7 nitrogen and oxygen atoms in total. The number of nitrogens with zero attached hydrogens (tertiary/aromatic N) is 4. The van der Waals surface area contributed by atoms with Crippen LogP contribution in [0.5, 0.6) is 0 Å². The summed E-state index contributed by atoms with van der Waals surface area (Å²) in [5.74, 6) is 0.457. The lowest BCUT2D eigenvalue weighted by atomic mass is 10.2. The summed E-state index contributed by atoms with van der Waals surface area (Å²) in [6.07, 6.45) is 2.02. The number of pyridine rings is 1. The monoisotopic (exact) mass is 405 g/mol. The summed E-state index contributed by atoms with van der Waals surface area (Å²) in [5.41, 5.74) is 1.02. The highest BCUT2D eigenvalue weighted by Gasteiger charge is 2.30. The van der Waals surface area contributed by atoms with Gasteiger partial charge in [-0.3, -0.25) is 9.36 Å². The van der Waals surface area contributed by atoms with E-state index in [0.717, 1.165) is 34.4 Å². The normalized spacial score (nSPS) is 13.7. The number of hydrogen-bond donors (Lipinski definition) is 1. The highest BCUT2D eigenvalue weighted by Crippen LogP contribution is 2.37. The van der Waals surface area contributed by atoms with Crippen LogP contribution >= 0.6 is 11.3 Å². The van der Waals surface area contributed by atoms with E-state index in [1.807, 2.05) is 47.8 Å². The summed E-state index contributed by atoms with van der Waals surface area (Å²) in [6.45, 7) is 0.620. The predicted molar refractivity (Wildman–Crippen MR) is 112 cm³/mol.